The average Bonchev–Trinajstić information content (AvgIpc) is 1.75. The van der Waals surface area contributed by atoms with Gasteiger partial charge in [-0.05, 0) is 106 Å². The van der Waals surface area contributed by atoms with Crippen LogP contribution >= 0.6 is 11.8 Å². The summed E-state index contributed by atoms with van der Waals surface area (Å²) in [5.41, 5.74) is 19.5. The normalized spacial score (nSPS) is 25.0. The van der Waals surface area contributed by atoms with E-state index in [-0.39, 0.29) is 89.0 Å². The number of aromatic hydroxyl groups is 1. The average molecular weight is 1790 g/mol. The first kappa shape index (κ1) is 99.7. The summed E-state index contributed by atoms with van der Waals surface area (Å²) >= 11 is 0.776. The first-order valence-corrected chi connectivity index (χ1v) is 43.8. The number of amides is 18. The van der Waals surface area contributed by atoms with Crippen LogP contribution in [0, 0.1) is 5.92 Å². The summed E-state index contributed by atoms with van der Waals surface area (Å²) in [7, 11) is 3.92. The van der Waals surface area contributed by atoms with Gasteiger partial charge in [-0.25, -0.2) is 0 Å². The smallest absolute Gasteiger partial charge is 0.246 e. The van der Waals surface area contributed by atoms with Gasteiger partial charge in [0.25, 0.3) is 0 Å². The van der Waals surface area contributed by atoms with E-state index in [0.717, 1.165) is 31.4 Å². The Morgan fingerprint density at radius 1 is 0.496 bits per heavy atom. The Bertz CT molecular complexity index is 4830. The highest BCUT2D eigenvalue weighted by molar-refractivity contribution is 8.00. The van der Waals surface area contributed by atoms with Gasteiger partial charge in [0.05, 0.1) is 31.7 Å². The van der Waals surface area contributed by atoms with Crippen molar-refractivity contribution in [2.24, 2.45) is 23.1 Å². The number of aliphatic hydroxyl groups is 1. The number of aromatic nitrogens is 2. The molecule has 14 atom stereocenters. The molecule has 3 fully saturated rings. The zero-order chi connectivity index (χ0) is 93.2. The Kier molecular flexibility index (Phi) is 36.9. The zero-order valence-electron chi connectivity index (χ0n) is 72.9. The molecule has 2 aromatic heterocycles. The van der Waals surface area contributed by atoms with Crippen LogP contribution in [0.5, 0.6) is 5.75 Å². The van der Waals surface area contributed by atoms with E-state index in [1.54, 1.807) is 74.8 Å². The number of likely N-dealkylation sites (N-methyl/N-ethyl adjacent to an activating group) is 3. The minimum atomic E-state index is -1.85. The number of H-pyrrole nitrogens is 2. The molecule has 0 saturated carbocycles. The number of benzene rings is 3. The number of para-hydroxylation sites is 2. The number of primary amides is 3. The van der Waals surface area contributed by atoms with Gasteiger partial charge in [0.1, 0.15) is 90.3 Å². The molecule has 3 saturated heterocycles. The Hall–Kier alpha value is -12.7. The van der Waals surface area contributed by atoms with Gasteiger partial charge in [-0.1, -0.05) is 102 Å². The standard InChI is InChI=1S/C86H120N20O20S/c1-10-12-24-65-79(119)93-47(5)73(113)101-64(75(115)92-42-71(89)111)44-127-45-72(112)94-60(35-49-28-30-52(108)31-29-49)82(122)102(7)48(6)74(114)97-62(39-70(88)110)85(125)106-33-19-27-67(106)81(121)96-58(38-69(87)109)77(117)98-59(34-46(3)4)84(124)105-32-18-26-66(105)80(120)95-57(36-50-40-90-55-22-16-14-20-53(50)55)76(116)100-63(43-107)78(118)99-61(37-51-41-91-56-23-17-15-21-54(51)56)83(123)104(9)68(25-13-11-2)86(126)103(65)8/h14-17,20-23,28-31,40-41,46-48,57-68,90-91,107-108H,10-13,18-19,24-27,32-39,42-45H2,1-9H3,(H2,87,109)(H2,88,110)(H2,89,111)(H,92,115)(H,93,119)(H,94,112)(H,95,120)(H,96,121)(H,97,114)(H,98,117)(H,99,118)(H,100,116)(H,101,113)/t47-,48-,57-,58-,59-,60-,61-,62-,63-,64?,65-,66-,67-,68-/m0/s1. The maximum absolute atomic E-state index is 15.6. The molecule has 0 radical (unpaired) electrons. The van der Waals surface area contributed by atoms with Crippen molar-refractivity contribution in [3.8, 4) is 5.75 Å². The van der Waals surface area contributed by atoms with Crippen molar-refractivity contribution >= 4 is 140 Å². The lowest BCUT2D eigenvalue weighted by Crippen LogP contribution is -2.61. The Labute approximate surface area is 739 Å². The summed E-state index contributed by atoms with van der Waals surface area (Å²) < 4.78 is 0. The topological polar surface area (TPSA) is 594 Å². The third-order valence-corrected chi connectivity index (χ3v) is 23.9. The molecule has 3 aromatic carbocycles. The van der Waals surface area contributed by atoms with Crippen LogP contribution in [-0.4, -0.2) is 294 Å². The molecule has 3 aliphatic rings. The number of fused-ring (bicyclic) bond motifs is 4. The number of phenolic OH excluding ortho intramolecular Hbond substituents is 1. The van der Waals surface area contributed by atoms with Crippen molar-refractivity contribution in [1.82, 2.24) is 87.6 Å². The van der Waals surface area contributed by atoms with Crippen LogP contribution in [0.25, 0.3) is 21.8 Å². The maximum atomic E-state index is 15.6. The predicted molar refractivity (Wildman–Crippen MR) is 466 cm³/mol. The lowest BCUT2D eigenvalue weighted by Gasteiger charge is -2.36. The van der Waals surface area contributed by atoms with Crippen molar-refractivity contribution in [2.75, 3.05) is 58.9 Å². The van der Waals surface area contributed by atoms with Crippen LogP contribution in [0.2, 0.25) is 0 Å². The highest BCUT2D eigenvalue weighted by atomic mass is 32.2. The van der Waals surface area contributed by atoms with Gasteiger partial charge < -0.3 is 115 Å². The van der Waals surface area contributed by atoms with Crippen molar-refractivity contribution in [2.45, 2.75) is 229 Å². The lowest BCUT2D eigenvalue weighted by molar-refractivity contribution is -0.149. The monoisotopic (exact) mass is 1780 g/mol. The van der Waals surface area contributed by atoms with E-state index in [9.17, 15) is 67.7 Å². The number of carbonyl (C=O) groups is 18. The number of unbranched alkanes of at least 4 members (excludes halogenated alkanes) is 2. The molecule has 8 rings (SSSR count). The predicted octanol–water partition coefficient (Wildman–Crippen LogP) is -2.23. The van der Waals surface area contributed by atoms with Crippen LogP contribution < -0.4 is 70.4 Å². The van der Waals surface area contributed by atoms with Gasteiger partial charge >= 0.3 is 0 Å². The van der Waals surface area contributed by atoms with Crippen LogP contribution in [0.4, 0.5) is 0 Å². The molecule has 3 aliphatic heterocycles. The van der Waals surface area contributed by atoms with Crippen LogP contribution in [0.1, 0.15) is 142 Å². The molecule has 41 heteroatoms. The highest BCUT2D eigenvalue weighted by Crippen LogP contribution is 2.28. The molecule has 20 N–H and O–H groups in total. The van der Waals surface area contributed by atoms with Crippen LogP contribution in [0.3, 0.4) is 0 Å². The van der Waals surface area contributed by atoms with E-state index in [1.807, 2.05) is 13.8 Å². The molecular weight excluding hydrogens is 1670 g/mol. The molecule has 0 aliphatic carbocycles. The molecule has 1 unspecified atom stereocenters. The first-order chi connectivity index (χ1) is 60.3. The molecule has 18 amide bonds. The Morgan fingerprint density at radius 3 is 1.52 bits per heavy atom. The SMILES string of the molecule is CCCC[C@H]1C(=O)N(C)[C@@H](CCCC)C(=O)N[C@@H](C)C(=O)NC(C(=O)NCC(N)=O)CSCC(=O)N[C@@H](Cc2ccc(O)cc2)C(=O)N(C)[C@@H](C)C(=O)N[C@@H](CC(N)=O)C(=O)N2CCC[C@H]2C(=O)N[C@@H](CC(N)=O)C(=O)N[C@@H](CC(C)C)C(=O)N2CCC[C@H]2C(=O)N[C@@H](Cc2c[nH]c3ccccc23)C(=O)N[C@@H](CO)C(=O)N[C@@H](Cc2c[nH]c3ccccc23)C(=O)N1C. The number of phenols is 1. The quantitative estimate of drug-likeness (QED) is 0.0349. The number of aliphatic hydroxyl groups excluding tert-OH is 1. The highest BCUT2D eigenvalue weighted by Gasteiger charge is 2.45. The van der Waals surface area contributed by atoms with E-state index in [0.29, 0.717) is 64.2 Å². The third kappa shape index (κ3) is 27.4. The largest absolute Gasteiger partial charge is 0.508 e. The van der Waals surface area contributed by atoms with Crippen LogP contribution in [-0.2, 0) is 106 Å². The van der Waals surface area contributed by atoms with Crippen molar-refractivity contribution in [3.63, 3.8) is 0 Å². The number of aromatic amines is 2. The number of hydrogen-bond acceptors (Lipinski definition) is 21. The van der Waals surface area contributed by atoms with Gasteiger partial charge in [-0.2, -0.15) is 0 Å². The fourth-order valence-corrected chi connectivity index (χ4v) is 16.6. The van der Waals surface area contributed by atoms with Crippen molar-refractivity contribution < 1.29 is 96.5 Å². The fraction of sp³-hybridized carbons (Fsp3) is 0.535. The first-order valence-electron chi connectivity index (χ1n) is 42.7. The molecule has 0 spiro atoms. The lowest BCUT2D eigenvalue weighted by atomic mass is 10.00. The molecule has 5 aromatic rings. The molecule has 127 heavy (non-hydrogen) atoms. The van der Waals surface area contributed by atoms with Crippen molar-refractivity contribution in [3.05, 3.63) is 102 Å². The van der Waals surface area contributed by atoms with Gasteiger partial charge in [0.15, 0.2) is 0 Å². The molecule has 0 bridgehead atoms. The van der Waals surface area contributed by atoms with Crippen LogP contribution in [0.15, 0.2) is 85.2 Å². The summed E-state index contributed by atoms with van der Waals surface area (Å²) in [4.78, 5) is 271. The fourth-order valence-electron chi connectivity index (χ4n) is 15.7. The Balaban J connectivity index is 1.16. The van der Waals surface area contributed by atoms with Gasteiger partial charge in [0, 0.05) is 93.4 Å². The van der Waals surface area contributed by atoms with E-state index < -0.39 is 228 Å². The minimum Gasteiger partial charge on any atom is -0.508 e. The molecule has 5 heterocycles. The number of thioether (sulfide) groups is 1. The van der Waals surface area contributed by atoms with E-state index in [1.165, 1.54) is 64.2 Å². The Morgan fingerprint density at radius 2 is 0.969 bits per heavy atom. The zero-order valence-corrected chi connectivity index (χ0v) is 73.7. The van der Waals surface area contributed by atoms with Gasteiger partial charge in [-0.3, -0.25) is 86.3 Å². The molecular formula is C86H120N20O20S. The summed E-state index contributed by atoms with van der Waals surface area (Å²) in [5, 5.41) is 48.5. The number of rotatable bonds is 22. The maximum Gasteiger partial charge on any atom is 0.246 e. The summed E-state index contributed by atoms with van der Waals surface area (Å²) in [6.07, 6.45) is 2.92. The summed E-state index contributed by atoms with van der Waals surface area (Å²) in [6.45, 7) is 7.77. The second kappa shape index (κ2) is 47.0. The van der Waals surface area contributed by atoms with Crippen molar-refractivity contribution in [1.29, 1.82) is 0 Å². The van der Waals surface area contributed by atoms with E-state index in [4.69, 9.17) is 17.2 Å². The number of carbonyl (C=O) groups excluding carboxylic acids is 18. The number of nitrogens with two attached hydrogens (primary N) is 3. The molecule has 40 nitrogen and oxygen atoms in total. The number of nitrogens with one attached hydrogen (secondary N) is 12. The van der Waals surface area contributed by atoms with Gasteiger partial charge in [-0.15, -0.1) is 11.8 Å². The minimum absolute atomic E-state index is 0.0253. The third-order valence-electron chi connectivity index (χ3n) is 22.9. The molecule has 690 valence electrons. The number of hydrogen-bond donors (Lipinski definition) is 17. The van der Waals surface area contributed by atoms with E-state index >= 15 is 28.8 Å². The number of nitrogens with zero attached hydrogens (tertiary/aromatic N) is 5. The second-order valence-corrected chi connectivity index (χ2v) is 33.9. The second-order valence-electron chi connectivity index (χ2n) is 32.8. The summed E-state index contributed by atoms with van der Waals surface area (Å²) in [5.74, 6) is -18.4. The van der Waals surface area contributed by atoms with E-state index in [2.05, 4.69) is 63.1 Å². The summed E-state index contributed by atoms with van der Waals surface area (Å²) in [6, 6.07) is -1.73. The van der Waals surface area contributed by atoms with Gasteiger partial charge in [0.2, 0.25) is 106 Å².